The molecule has 1 heterocycles. The van der Waals surface area contributed by atoms with E-state index in [-0.39, 0.29) is 5.09 Å². The van der Waals surface area contributed by atoms with Crippen molar-refractivity contribution in [1.82, 2.24) is 0 Å². The number of aryl methyl sites for hydroxylation is 2. The van der Waals surface area contributed by atoms with Crippen LogP contribution in [0.3, 0.4) is 0 Å². The van der Waals surface area contributed by atoms with E-state index in [9.17, 15) is 14.1 Å². The minimum Gasteiger partial charge on any atom is -0.452 e. The summed E-state index contributed by atoms with van der Waals surface area (Å²) in [5.74, 6) is 0.964. The molecule has 7 heteroatoms. The molecule has 2 N–H and O–H groups in total. The number of benzene rings is 1. The summed E-state index contributed by atoms with van der Waals surface area (Å²) >= 11 is 0. The van der Waals surface area contributed by atoms with Crippen molar-refractivity contribution in [2.75, 3.05) is 5.32 Å². The largest absolute Gasteiger partial charge is 0.452 e. The summed E-state index contributed by atoms with van der Waals surface area (Å²) in [6, 6.07) is 3.21. The molecule has 29 heavy (non-hydrogen) atoms. The van der Waals surface area contributed by atoms with E-state index in [1.54, 1.807) is 20.8 Å². The van der Waals surface area contributed by atoms with Gasteiger partial charge in [0.1, 0.15) is 16.4 Å². The Hall–Kier alpha value is -2.12. The molecule has 1 aromatic carbocycles. The number of amides is 2. The van der Waals surface area contributed by atoms with Gasteiger partial charge in [-0.15, -0.1) is 4.36 Å². The highest BCUT2D eigenvalue weighted by Gasteiger charge is 2.28. The fourth-order valence-electron chi connectivity index (χ4n) is 4.62. The van der Waals surface area contributed by atoms with Gasteiger partial charge in [-0.2, -0.15) is 0 Å². The van der Waals surface area contributed by atoms with Gasteiger partial charge < -0.3 is 14.8 Å². The predicted molar refractivity (Wildman–Crippen MR) is 113 cm³/mol. The van der Waals surface area contributed by atoms with Crippen LogP contribution in [-0.2, 0) is 35.5 Å². The third-order valence-electron chi connectivity index (χ3n) is 6.07. The second-order valence-electron chi connectivity index (χ2n) is 8.67. The molecule has 156 valence electrons. The highest BCUT2D eigenvalue weighted by molar-refractivity contribution is 7.75. The lowest BCUT2D eigenvalue weighted by atomic mass is 9.96. The second-order valence-corrected chi connectivity index (χ2v) is 9.85. The zero-order chi connectivity index (χ0) is 20.9. The second kappa shape index (κ2) is 7.29. The minimum absolute atomic E-state index is 0.0990. The molecule has 0 saturated heterocycles. The number of nitrogens with zero attached hydrogens (tertiary/aromatic N) is 1. The number of anilines is 1. The van der Waals surface area contributed by atoms with Crippen LogP contribution >= 0.6 is 0 Å². The maximum Gasteiger partial charge on any atom is 0.353 e. The number of nitrogens with one attached hydrogen (secondary N) is 1. The van der Waals surface area contributed by atoms with E-state index in [1.807, 2.05) is 0 Å². The third-order valence-corrected chi connectivity index (χ3v) is 7.03. The highest BCUT2D eigenvalue weighted by atomic mass is 32.2. The van der Waals surface area contributed by atoms with Crippen molar-refractivity contribution >= 4 is 22.3 Å². The standard InChI is InChI=1S/C22H28N2O4S/c1-12-8-9-16-17(12)10-14-6-5-7-15(14)20(16)23-21(25)24-29(27)19-11-18(13(2)28-19)22(3,4)26/h10-12,26,29H,5-9H2,1-4H3,(H,23,25)/t12-/m1/s1. The molecule has 0 saturated carbocycles. The Balaban J connectivity index is 1.63. The summed E-state index contributed by atoms with van der Waals surface area (Å²) in [6.45, 7) is 7.17. The summed E-state index contributed by atoms with van der Waals surface area (Å²) < 4.78 is 21.9. The lowest BCUT2D eigenvalue weighted by Gasteiger charge is -2.16. The van der Waals surface area contributed by atoms with Gasteiger partial charge in [-0.1, -0.05) is 13.0 Å². The van der Waals surface area contributed by atoms with Gasteiger partial charge in [0.05, 0.1) is 5.60 Å². The number of hydrogen-bond acceptors (Lipinski definition) is 4. The molecule has 0 fully saturated rings. The molecule has 0 spiro atoms. The molecule has 0 aliphatic heterocycles. The van der Waals surface area contributed by atoms with E-state index >= 15 is 0 Å². The minimum atomic E-state index is -2.39. The molecule has 1 unspecified atom stereocenters. The van der Waals surface area contributed by atoms with Gasteiger partial charge in [-0.25, -0.2) is 9.00 Å². The smallest absolute Gasteiger partial charge is 0.353 e. The summed E-state index contributed by atoms with van der Waals surface area (Å²) in [5.41, 5.74) is 5.34. The summed E-state index contributed by atoms with van der Waals surface area (Å²) in [5, 5.41) is 13.2. The summed E-state index contributed by atoms with van der Waals surface area (Å²) in [7, 11) is -2.39. The molecule has 0 radical (unpaired) electrons. The monoisotopic (exact) mass is 416 g/mol. The van der Waals surface area contributed by atoms with Crippen LogP contribution in [0.1, 0.15) is 73.1 Å². The van der Waals surface area contributed by atoms with Crippen LogP contribution in [0.4, 0.5) is 10.5 Å². The number of hydrogen-bond donors (Lipinski definition) is 3. The van der Waals surface area contributed by atoms with Gasteiger partial charge in [0.2, 0.25) is 0 Å². The topological polar surface area (TPSA) is 91.9 Å². The van der Waals surface area contributed by atoms with Crippen LogP contribution in [-0.4, -0.2) is 15.3 Å². The number of thiol groups is 1. The Kier molecular flexibility index (Phi) is 5.07. The van der Waals surface area contributed by atoms with Crippen molar-refractivity contribution in [2.24, 2.45) is 4.36 Å². The maximum atomic E-state index is 12.6. The zero-order valence-corrected chi connectivity index (χ0v) is 18.2. The molecule has 2 amide bonds. The number of carbonyl (C=O) groups is 1. The van der Waals surface area contributed by atoms with E-state index in [4.69, 9.17) is 4.42 Å². The van der Waals surface area contributed by atoms with E-state index in [1.165, 1.54) is 28.3 Å². The van der Waals surface area contributed by atoms with Crippen molar-refractivity contribution in [2.45, 2.75) is 76.4 Å². The normalized spacial score (nSPS) is 19.3. The van der Waals surface area contributed by atoms with Crippen molar-refractivity contribution in [3.8, 4) is 0 Å². The van der Waals surface area contributed by atoms with Crippen LogP contribution in [0.5, 0.6) is 0 Å². The van der Waals surface area contributed by atoms with Gasteiger partial charge in [-0.3, -0.25) is 0 Å². The Bertz CT molecular complexity index is 1070. The fourth-order valence-corrected chi connectivity index (χ4v) is 5.39. The Morgan fingerprint density at radius 3 is 2.72 bits per heavy atom. The lowest BCUT2D eigenvalue weighted by Crippen LogP contribution is -2.15. The molecule has 4 rings (SSSR count). The van der Waals surface area contributed by atoms with E-state index in [2.05, 4.69) is 22.7 Å². The van der Waals surface area contributed by atoms with Gasteiger partial charge in [0.15, 0.2) is 5.09 Å². The molecular weight excluding hydrogens is 388 g/mol. The fraction of sp³-hybridized carbons (Fsp3) is 0.500. The molecule has 2 aromatic rings. The molecule has 2 aliphatic rings. The third kappa shape index (κ3) is 3.73. The van der Waals surface area contributed by atoms with Crippen LogP contribution < -0.4 is 5.32 Å². The number of rotatable bonds is 3. The first kappa shape index (κ1) is 20.2. The van der Waals surface area contributed by atoms with Crippen LogP contribution in [0.2, 0.25) is 0 Å². The number of fused-ring (bicyclic) bond motifs is 2. The van der Waals surface area contributed by atoms with Crippen molar-refractivity contribution in [3.63, 3.8) is 0 Å². The summed E-state index contributed by atoms with van der Waals surface area (Å²) in [4.78, 5) is 12.6. The Labute approximate surface area is 172 Å². The number of urea groups is 1. The summed E-state index contributed by atoms with van der Waals surface area (Å²) in [6.07, 6.45) is 5.10. The average Bonchev–Trinajstić information content (AvgIpc) is 3.33. The quantitative estimate of drug-likeness (QED) is 0.637. The van der Waals surface area contributed by atoms with E-state index < -0.39 is 22.2 Å². The van der Waals surface area contributed by atoms with Gasteiger partial charge >= 0.3 is 6.03 Å². The van der Waals surface area contributed by atoms with Crippen molar-refractivity contribution < 1.29 is 18.5 Å². The van der Waals surface area contributed by atoms with Crippen LogP contribution in [0, 0.1) is 6.92 Å². The number of furan rings is 1. The highest BCUT2D eigenvalue weighted by Crippen LogP contribution is 2.43. The number of carbonyl (C=O) groups excluding carboxylic acids is 1. The lowest BCUT2D eigenvalue weighted by molar-refractivity contribution is 0.0769. The Morgan fingerprint density at radius 2 is 2.03 bits per heavy atom. The Morgan fingerprint density at radius 1 is 1.28 bits per heavy atom. The molecule has 0 bridgehead atoms. The van der Waals surface area contributed by atoms with Gasteiger partial charge in [-0.05, 0) is 81.0 Å². The van der Waals surface area contributed by atoms with Crippen molar-refractivity contribution in [1.29, 1.82) is 0 Å². The molecule has 6 nitrogen and oxygen atoms in total. The number of aliphatic hydroxyl groups is 1. The van der Waals surface area contributed by atoms with E-state index in [0.29, 0.717) is 17.2 Å². The zero-order valence-electron chi connectivity index (χ0n) is 17.3. The predicted octanol–water partition coefficient (Wildman–Crippen LogP) is 4.61. The van der Waals surface area contributed by atoms with E-state index in [0.717, 1.165) is 37.8 Å². The first-order valence-corrected chi connectivity index (χ1v) is 11.4. The molecule has 2 aliphatic carbocycles. The molecule has 1 aromatic heterocycles. The molecule has 2 atom stereocenters. The molecular formula is C22H28N2O4S. The van der Waals surface area contributed by atoms with Gasteiger partial charge in [0.25, 0.3) is 0 Å². The van der Waals surface area contributed by atoms with Gasteiger partial charge in [0, 0.05) is 17.3 Å². The first-order chi connectivity index (χ1) is 13.6. The SMILES string of the molecule is Cc1oc(/[SH](=O)=N/C(=O)Nc2c3c(cc4c2CC[C@H]4C)CCC3)cc1C(C)(C)O. The first-order valence-electron chi connectivity index (χ1n) is 10.2. The maximum absolute atomic E-state index is 12.6. The van der Waals surface area contributed by atoms with Crippen LogP contribution in [0.25, 0.3) is 0 Å². The average molecular weight is 417 g/mol. The van der Waals surface area contributed by atoms with Crippen molar-refractivity contribution in [3.05, 3.63) is 45.7 Å². The van der Waals surface area contributed by atoms with Crippen LogP contribution in [0.15, 0.2) is 26.0 Å².